The fourth-order valence-corrected chi connectivity index (χ4v) is 2.43. The third kappa shape index (κ3) is 3.46. The first-order valence-corrected chi connectivity index (χ1v) is 6.38. The molecule has 7 heteroatoms. The molecule has 4 nitrogen and oxygen atoms in total. The Kier molecular flexibility index (Phi) is 4.04. The first-order chi connectivity index (χ1) is 8.15. The van der Waals surface area contributed by atoms with Crippen LogP contribution in [0.5, 0.6) is 0 Å². The third-order valence-corrected chi connectivity index (χ3v) is 3.44. The van der Waals surface area contributed by atoms with Crippen molar-refractivity contribution in [1.29, 1.82) is 0 Å². The van der Waals surface area contributed by atoms with Gasteiger partial charge in [0.05, 0.1) is 0 Å². The van der Waals surface area contributed by atoms with Crippen LogP contribution in [0.25, 0.3) is 0 Å². The normalized spacial score (nSPS) is 10.5. The molecule has 2 aromatic rings. The predicted octanol–water partition coefficient (Wildman–Crippen LogP) is 2.76. The van der Waals surface area contributed by atoms with Crippen molar-refractivity contribution in [2.75, 3.05) is 0 Å². The Morgan fingerprint density at radius 2 is 2.18 bits per heavy atom. The number of thioether (sulfide) groups is 1. The molecular weight excluding hydrogens is 281 g/mol. The largest absolute Gasteiger partial charge is 0.299 e. The van der Waals surface area contributed by atoms with Crippen LogP contribution in [0.4, 0.5) is 0 Å². The van der Waals surface area contributed by atoms with Gasteiger partial charge in [-0.15, -0.1) is 5.10 Å². The van der Waals surface area contributed by atoms with Gasteiger partial charge in [0.2, 0.25) is 0 Å². The van der Waals surface area contributed by atoms with Gasteiger partial charge < -0.3 is 0 Å². The highest BCUT2D eigenvalue weighted by molar-refractivity contribution is 7.98. The van der Waals surface area contributed by atoms with Crippen LogP contribution in [-0.2, 0) is 5.75 Å². The van der Waals surface area contributed by atoms with Gasteiger partial charge in [0.15, 0.2) is 5.16 Å². The van der Waals surface area contributed by atoms with Crippen LogP contribution in [0.1, 0.15) is 5.56 Å². The zero-order chi connectivity index (χ0) is 12.3. The number of aromatic amines is 1. The van der Waals surface area contributed by atoms with Crippen molar-refractivity contribution in [2.45, 2.75) is 10.9 Å². The summed E-state index contributed by atoms with van der Waals surface area (Å²) in [5.74, 6) is 0.564. The number of nitrogens with one attached hydrogen (secondary N) is 1. The lowest BCUT2D eigenvalue weighted by Crippen LogP contribution is -2.08. The number of nitrogens with zero attached hydrogens (tertiary/aromatic N) is 2. The van der Waals surface area contributed by atoms with Crippen LogP contribution in [0.3, 0.4) is 0 Å². The van der Waals surface area contributed by atoms with Crippen molar-refractivity contribution in [3.8, 4) is 0 Å². The summed E-state index contributed by atoms with van der Waals surface area (Å²) < 4.78 is 0. The maximum Gasteiger partial charge on any atom is 0.270 e. The molecule has 2 rings (SSSR count). The zero-order valence-electron chi connectivity index (χ0n) is 8.48. The Hall–Kier alpha value is -1.04. The minimum atomic E-state index is -0.278. The standard InChI is InChI=1S/C10H7Cl2N3OS/c11-7-1-2-8(12)6(3-7)5-17-10-14-9(16)4-13-15-10/h1-4H,5H2,(H,14,15,16). The number of rotatable bonds is 3. The van der Waals surface area contributed by atoms with Crippen LogP contribution >= 0.6 is 35.0 Å². The van der Waals surface area contributed by atoms with E-state index in [1.165, 1.54) is 11.8 Å². The zero-order valence-corrected chi connectivity index (χ0v) is 10.8. The molecule has 1 heterocycles. The smallest absolute Gasteiger partial charge is 0.270 e. The summed E-state index contributed by atoms with van der Waals surface area (Å²) in [5, 5.41) is 9.06. The number of benzene rings is 1. The average molecular weight is 288 g/mol. The predicted molar refractivity (Wildman–Crippen MR) is 68.7 cm³/mol. The molecule has 0 unspecified atom stereocenters. The third-order valence-electron chi connectivity index (χ3n) is 1.93. The molecule has 0 radical (unpaired) electrons. The molecule has 1 aromatic heterocycles. The molecule has 0 bridgehead atoms. The van der Waals surface area contributed by atoms with E-state index in [4.69, 9.17) is 23.2 Å². The van der Waals surface area contributed by atoms with E-state index in [9.17, 15) is 4.79 Å². The van der Waals surface area contributed by atoms with E-state index >= 15 is 0 Å². The molecule has 17 heavy (non-hydrogen) atoms. The Morgan fingerprint density at radius 1 is 1.35 bits per heavy atom. The molecule has 1 aromatic carbocycles. The highest BCUT2D eigenvalue weighted by Crippen LogP contribution is 2.26. The molecule has 1 N–H and O–H groups in total. The van der Waals surface area contributed by atoms with Gasteiger partial charge in [0.1, 0.15) is 6.20 Å². The van der Waals surface area contributed by atoms with E-state index in [0.717, 1.165) is 11.8 Å². The summed E-state index contributed by atoms with van der Waals surface area (Å²) >= 11 is 13.2. The number of halogens is 2. The fraction of sp³-hybridized carbons (Fsp3) is 0.100. The maximum atomic E-state index is 11.0. The van der Waals surface area contributed by atoms with Crippen molar-refractivity contribution in [3.05, 3.63) is 50.4 Å². The molecule has 0 aliphatic carbocycles. The molecule has 0 saturated carbocycles. The van der Waals surface area contributed by atoms with Crippen LogP contribution < -0.4 is 5.56 Å². The van der Waals surface area contributed by atoms with Crippen molar-refractivity contribution in [1.82, 2.24) is 15.2 Å². The number of hydrogen-bond donors (Lipinski definition) is 1. The highest BCUT2D eigenvalue weighted by atomic mass is 35.5. The first-order valence-electron chi connectivity index (χ1n) is 4.64. The van der Waals surface area contributed by atoms with E-state index in [1.807, 2.05) is 0 Å². The summed E-state index contributed by atoms with van der Waals surface area (Å²) in [5.41, 5.74) is 0.607. The molecule has 0 fully saturated rings. The van der Waals surface area contributed by atoms with Crippen molar-refractivity contribution in [2.24, 2.45) is 0 Å². The lowest BCUT2D eigenvalue weighted by molar-refractivity contribution is 0.817. The van der Waals surface area contributed by atoms with E-state index in [-0.39, 0.29) is 5.56 Å². The Bertz CT molecular complexity index is 588. The number of H-pyrrole nitrogens is 1. The van der Waals surface area contributed by atoms with Crippen LogP contribution in [0.15, 0.2) is 34.3 Å². The lowest BCUT2D eigenvalue weighted by atomic mass is 10.2. The Labute approximate surface area is 111 Å². The van der Waals surface area contributed by atoms with Crippen molar-refractivity contribution >= 4 is 35.0 Å². The molecule has 0 aliphatic rings. The molecular formula is C10H7Cl2N3OS. The van der Waals surface area contributed by atoms with Gasteiger partial charge in [-0.05, 0) is 23.8 Å². The van der Waals surface area contributed by atoms with Crippen LogP contribution in [0, 0.1) is 0 Å². The SMILES string of the molecule is O=c1cnnc(SCc2cc(Cl)ccc2Cl)[nH]1. The summed E-state index contributed by atoms with van der Waals surface area (Å²) in [7, 11) is 0. The van der Waals surface area contributed by atoms with Gasteiger partial charge in [-0.25, -0.2) is 0 Å². The second kappa shape index (κ2) is 5.53. The summed E-state index contributed by atoms with van der Waals surface area (Å²) in [6.07, 6.45) is 1.12. The minimum absolute atomic E-state index is 0.278. The Morgan fingerprint density at radius 3 is 2.94 bits per heavy atom. The molecule has 88 valence electrons. The topological polar surface area (TPSA) is 58.6 Å². The van der Waals surface area contributed by atoms with E-state index in [0.29, 0.717) is 21.0 Å². The van der Waals surface area contributed by atoms with Crippen molar-refractivity contribution in [3.63, 3.8) is 0 Å². The average Bonchev–Trinajstić information content (AvgIpc) is 2.30. The Balaban J connectivity index is 2.12. The molecule has 0 spiro atoms. The van der Waals surface area contributed by atoms with Crippen molar-refractivity contribution < 1.29 is 0 Å². The first kappa shape index (κ1) is 12.4. The van der Waals surface area contributed by atoms with Crippen LogP contribution in [-0.4, -0.2) is 15.2 Å². The van der Waals surface area contributed by atoms with Gasteiger partial charge in [0.25, 0.3) is 5.56 Å². The second-order valence-electron chi connectivity index (χ2n) is 3.16. The second-order valence-corrected chi connectivity index (χ2v) is 4.97. The molecule has 0 aliphatic heterocycles. The quantitative estimate of drug-likeness (QED) is 0.882. The molecule has 0 saturated heterocycles. The van der Waals surface area contributed by atoms with Gasteiger partial charge >= 0.3 is 0 Å². The number of aromatic nitrogens is 3. The van der Waals surface area contributed by atoms with E-state index in [1.54, 1.807) is 18.2 Å². The fourth-order valence-electron chi connectivity index (χ4n) is 1.16. The van der Waals surface area contributed by atoms with Gasteiger partial charge in [-0.1, -0.05) is 35.0 Å². The van der Waals surface area contributed by atoms with E-state index < -0.39 is 0 Å². The van der Waals surface area contributed by atoms with Gasteiger partial charge in [0, 0.05) is 15.8 Å². The minimum Gasteiger partial charge on any atom is -0.299 e. The van der Waals surface area contributed by atoms with Gasteiger partial charge in [-0.3, -0.25) is 9.78 Å². The lowest BCUT2D eigenvalue weighted by Gasteiger charge is -2.03. The van der Waals surface area contributed by atoms with Gasteiger partial charge in [-0.2, -0.15) is 5.10 Å². The van der Waals surface area contributed by atoms with Crippen LogP contribution in [0.2, 0.25) is 10.0 Å². The molecule has 0 amide bonds. The number of hydrogen-bond acceptors (Lipinski definition) is 4. The molecule has 0 atom stereocenters. The highest BCUT2D eigenvalue weighted by Gasteiger charge is 2.04. The summed E-state index contributed by atoms with van der Waals surface area (Å²) in [6.45, 7) is 0. The van der Waals surface area contributed by atoms with E-state index in [2.05, 4.69) is 15.2 Å². The summed E-state index contributed by atoms with van der Waals surface area (Å²) in [4.78, 5) is 13.6. The monoisotopic (exact) mass is 287 g/mol. The summed E-state index contributed by atoms with van der Waals surface area (Å²) in [6, 6.07) is 5.24. The maximum absolute atomic E-state index is 11.0.